The molecule has 1 heterocycles. The van der Waals surface area contributed by atoms with Gasteiger partial charge in [-0.15, -0.1) is 0 Å². The van der Waals surface area contributed by atoms with Crippen LogP contribution in [0.1, 0.15) is 29.3 Å². The van der Waals surface area contributed by atoms with Gasteiger partial charge in [-0.25, -0.2) is 0 Å². The van der Waals surface area contributed by atoms with E-state index in [0.717, 1.165) is 17.9 Å². The number of thioether (sulfide) groups is 1. The number of nitrogens with zero attached hydrogens (tertiary/aromatic N) is 1. The Labute approximate surface area is 129 Å². The number of amides is 1. The maximum Gasteiger partial charge on any atom is 0.307 e. The number of hydrogen-bond acceptors (Lipinski definition) is 4. The van der Waals surface area contributed by atoms with Crippen LogP contribution in [0.25, 0.3) is 0 Å². The summed E-state index contributed by atoms with van der Waals surface area (Å²) in [4.78, 5) is 26.0. The van der Waals surface area contributed by atoms with Crippen molar-refractivity contribution in [3.05, 3.63) is 35.4 Å². The number of carbonyl (C=O) groups is 2. The van der Waals surface area contributed by atoms with Crippen molar-refractivity contribution in [1.82, 2.24) is 4.90 Å². The lowest BCUT2D eigenvalue weighted by molar-refractivity contribution is -0.141. The quantitative estimate of drug-likeness (QED) is 0.801. The fraction of sp³-hybridized carbons (Fsp3) is 0.500. The summed E-state index contributed by atoms with van der Waals surface area (Å²) in [6.45, 7) is 2.77. The predicted octanol–water partition coefficient (Wildman–Crippen LogP) is 2.37. The molecule has 1 amide bonds. The molecule has 114 valence electrons. The second kappa shape index (κ2) is 7.50. The Bertz CT molecular complexity index is 501. The molecule has 1 aromatic rings. The second-order valence-corrected chi connectivity index (χ2v) is 6.21. The molecule has 4 nitrogen and oxygen atoms in total. The van der Waals surface area contributed by atoms with Crippen LogP contribution in [0.2, 0.25) is 0 Å². The molecule has 2 rings (SSSR count). The zero-order valence-electron chi connectivity index (χ0n) is 12.5. The summed E-state index contributed by atoms with van der Waals surface area (Å²) in [7, 11) is 1.38. The number of ether oxygens (including phenoxy) is 1. The molecule has 1 aromatic carbocycles. The molecule has 0 N–H and O–H groups in total. The van der Waals surface area contributed by atoms with E-state index in [1.807, 2.05) is 29.2 Å². The molecule has 0 radical (unpaired) electrons. The van der Waals surface area contributed by atoms with E-state index in [-0.39, 0.29) is 24.3 Å². The van der Waals surface area contributed by atoms with Crippen molar-refractivity contribution in [3.63, 3.8) is 0 Å². The van der Waals surface area contributed by atoms with E-state index in [4.69, 9.17) is 4.74 Å². The molecular formula is C16H21NO3S. The van der Waals surface area contributed by atoms with Gasteiger partial charge in [-0.05, 0) is 24.1 Å². The smallest absolute Gasteiger partial charge is 0.307 e. The highest BCUT2D eigenvalue weighted by Crippen LogP contribution is 2.22. The van der Waals surface area contributed by atoms with Gasteiger partial charge in [0.05, 0.1) is 19.6 Å². The first-order valence-corrected chi connectivity index (χ1v) is 8.35. The van der Waals surface area contributed by atoms with Crippen molar-refractivity contribution in [2.75, 3.05) is 25.2 Å². The summed E-state index contributed by atoms with van der Waals surface area (Å²) in [6.07, 6.45) is 1.22. The Morgan fingerprint density at radius 2 is 2.05 bits per heavy atom. The number of esters is 1. The Hall–Kier alpha value is -1.49. The number of rotatable bonds is 4. The minimum absolute atomic E-state index is 0.00635. The third-order valence-corrected chi connectivity index (χ3v) is 4.82. The molecule has 0 aliphatic carbocycles. The van der Waals surface area contributed by atoms with Crippen molar-refractivity contribution in [3.8, 4) is 0 Å². The monoisotopic (exact) mass is 307 g/mol. The van der Waals surface area contributed by atoms with E-state index >= 15 is 0 Å². The average molecular weight is 307 g/mol. The van der Waals surface area contributed by atoms with Gasteiger partial charge in [-0.2, -0.15) is 11.8 Å². The van der Waals surface area contributed by atoms with Crippen LogP contribution < -0.4 is 0 Å². The summed E-state index contributed by atoms with van der Waals surface area (Å²) in [5.74, 6) is 1.44. The molecule has 0 aromatic heterocycles. The molecule has 1 saturated heterocycles. The molecule has 21 heavy (non-hydrogen) atoms. The van der Waals surface area contributed by atoms with Crippen molar-refractivity contribution in [2.45, 2.75) is 25.8 Å². The van der Waals surface area contributed by atoms with Crippen molar-refractivity contribution < 1.29 is 14.3 Å². The average Bonchev–Trinajstić information content (AvgIpc) is 2.54. The first-order valence-electron chi connectivity index (χ1n) is 7.20. The minimum Gasteiger partial charge on any atom is -0.469 e. The standard InChI is InChI=1S/C16H21NO3S/c1-3-12-4-6-13(7-5-12)16(19)17-8-9-21-11-14(17)10-15(18)20-2/h4-7,14H,3,8-11H2,1-2H3. The van der Waals surface area contributed by atoms with Crippen LogP contribution in [0, 0.1) is 0 Å². The van der Waals surface area contributed by atoms with Gasteiger partial charge in [-0.1, -0.05) is 19.1 Å². The topological polar surface area (TPSA) is 46.6 Å². The SMILES string of the molecule is CCc1ccc(C(=O)N2CCSCC2CC(=O)OC)cc1. The molecule has 1 aliphatic heterocycles. The van der Waals surface area contributed by atoms with E-state index in [0.29, 0.717) is 12.1 Å². The van der Waals surface area contributed by atoms with Crippen LogP contribution in [0.4, 0.5) is 0 Å². The largest absolute Gasteiger partial charge is 0.469 e. The van der Waals surface area contributed by atoms with Gasteiger partial charge in [0, 0.05) is 23.6 Å². The first kappa shape index (κ1) is 15.9. The van der Waals surface area contributed by atoms with Gasteiger partial charge in [0.1, 0.15) is 0 Å². The maximum atomic E-state index is 12.6. The van der Waals surface area contributed by atoms with E-state index < -0.39 is 0 Å². The summed E-state index contributed by atoms with van der Waals surface area (Å²) < 4.78 is 4.73. The lowest BCUT2D eigenvalue weighted by Gasteiger charge is -2.35. The first-order chi connectivity index (χ1) is 10.2. The Balaban J connectivity index is 2.11. The van der Waals surface area contributed by atoms with Crippen molar-refractivity contribution in [2.24, 2.45) is 0 Å². The van der Waals surface area contributed by atoms with Crippen LogP contribution in [0.5, 0.6) is 0 Å². The van der Waals surface area contributed by atoms with Crippen LogP contribution in [0.15, 0.2) is 24.3 Å². The van der Waals surface area contributed by atoms with Gasteiger partial charge in [0.15, 0.2) is 0 Å². The molecule has 1 unspecified atom stereocenters. The van der Waals surface area contributed by atoms with Crippen LogP contribution in [-0.4, -0.2) is 48.0 Å². The van der Waals surface area contributed by atoms with Gasteiger partial charge < -0.3 is 9.64 Å². The van der Waals surface area contributed by atoms with Crippen LogP contribution >= 0.6 is 11.8 Å². The highest BCUT2D eigenvalue weighted by molar-refractivity contribution is 7.99. The molecule has 1 aliphatic rings. The van der Waals surface area contributed by atoms with Crippen LogP contribution in [0.3, 0.4) is 0 Å². The number of aryl methyl sites for hydroxylation is 1. The van der Waals surface area contributed by atoms with Gasteiger partial charge >= 0.3 is 5.97 Å². The summed E-state index contributed by atoms with van der Waals surface area (Å²) in [5.41, 5.74) is 1.90. The van der Waals surface area contributed by atoms with Crippen molar-refractivity contribution in [1.29, 1.82) is 0 Å². The van der Waals surface area contributed by atoms with E-state index in [1.165, 1.54) is 12.7 Å². The molecular weight excluding hydrogens is 286 g/mol. The number of methoxy groups -OCH3 is 1. The van der Waals surface area contributed by atoms with E-state index in [9.17, 15) is 9.59 Å². The van der Waals surface area contributed by atoms with Gasteiger partial charge in [0.2, 0.25) is 0 Å². The summed E-state index contributed by atoms with van der Waals surface area (Å²) >= 11 is 1.78. The van der Waals surface area contributed by atoms with Crippen LogP contribution in [-0.2, 0) is 16.0 Å². The maximum absolute atomic E-state index is 12.6. The number of benzene rings is 1. The zero-order chi connectivity index (χ0) is 15.2. The molecule has 1 atom stereocenters. The molecule has 0 bridgehead atoms. The highest BCUT2D eigenvalue weighted by atomic mass is 32.2. The fourth-order valence-corrected chi connectivity index (χ4v) is 3.48. The Morgan fingerprint density at radius 3 is 2.67 bits per heavy atom. The second-order valence-electron chi connectivity index (χ2n) is 5.06. The molecule has 5 heteroatoms. The highest BCUT2D eigenvalue weighted by Gasteiger charge is 2.29. The van der Waals surface area contributed by atoms with Gasteiger partial charge in [0.25, 0.3) is 5.91 Å². The third-order valence-electron chi connectivity index (χ3n) is 3.73. The summed E-state index contributed by atoms with van der Waals surface area (Å²) in [5, 5.41) is 0. The Kier molecular flexibility index (Phi) is 5.67. The Morgan fingerprint density at radius 1 is 1.33 bits per heavy atom. The molecule has 1 fully saturated rings. The van der Waals surface area contributed by atoms with E-state index in [1.54, 1.807) is 11.8 Å². The number of carbonyl (C=O) groups excluding carboxylic acids is 2. The minimum atomic E-state index is -0.262. The molecule has 0 spiro atoms. The normalized spacial score (nSPS) is 18.4. The van der Waals surface area contributed by atoms with Gasteiger partial charge in [-0.3, -0.25) is 9.59 Å². The predicted molar refractivity (Wildman–Crippen MR) is 84.6 cm³/mol. The van der Waals surface area contributed by atoms with E-state index in [2.05, 4.69) is 6.92 Å². The summed E-state index contributed by atoms with van der Waals surface area (Å²) in [6, 6.07) is 7.65. The number of hydrogen-bond donors (Lipinski definition) is 0. The zero-order valence-corrected chi connectivity index (χ0v) is 13.3. The fourth-order valence-electron chi connectivity index (χ4n) is 2.42. The lowest BCUT2D eigenvalue weighted by atomic mass is 10.1. The molecule has 0 saturated carbocycles. The van der Waals surface area contributed by atoms with Crippen molar-refractivity contribution >= 4 is 23.6 Å². The third kappa shape index (κ3) is 4.00. The lowest BCUT2D eigenvalue weighted by Crippen LogP contribution is -2.47.